The van der Waals surface area contributed by atoms with Gasteiger partial charge in [-0.2, -0.15) is 0 Å². The summed E-state index contributed by atoms with van der Waals surface area (Å²) in [6.07, 6.45) is 2.02. The Morgan fingerprint density at radius 2 is 2.14 bits per heavy atom. The smallest absolute Gasteiger partial charge is 0.224 e. The van der Waals surface area contributed by atoms with Crippen LogP contribution < -0.4 is 11.1 Å². The maximum absolute atomic E-state index is 12.0. The molecule has 21 heavy (non-hydrogen) atoms. The Hall–Kier alpha value is -1.65. The number of carbonyl (C=O) groups excluding carboxylic acids is 1. The number of carbonyl (C=O) groups is 1. The highest BCUT2D eigenvalue weighted by Gasteiger charge is 2.25. The van der Waals surface area contributed by atoms with Crippen molar-refractivity contribution in [1.82, 2.24) is 10.2 Å². The summed E-state index contributed by atoms with van der Waals surface area (Å²) < 4.78 is 0. The quantitative estimate of drug-likeness (QED) is 0.833. The molecule has 114 valence electrons. The van der Waals surface area contributed by atoms with Gasteiger partial charge in [0.05, 0.1) is 5.92 Å². The number of hydrogen-bond donors (Lipinski definition) is 2. The van der Waals surface area contributed by atoms with Crippen LogP contribution in [0.3, 0.4) is 0 Å². The SMILES string of the molecule is C=C(CN1CCCC(C(=O)NCCN)C1)c1ccccc1. The average molecular weight is 287 g/mol. The first-order valence-electron chi connectivity index (χ1n) is 7.64. The molecule has 1 aliphatic rings. The molecule has 0 bridgehead atoms. The van der Waals surface area contributed by atoms with Crippen LogP contribution >= 0.6 is 0 Å². The third kappa shape index (κ3) is 4.69. The third-order valence-electron chi connectivity index (χ3n) is 3.92. The fourth-order valence-electron chi connectivity index (χ4n) is 2.79. The molecule has 1 aromatic carbocycles. The summed E-state index contributed by atoms with van der Waals surface area (Å²) in [4.78, 5) is 14.4. The Morgan fingerprint density at radius 1 is 1.38 bits per heavy atom. The standard InChI is InChI=1S/C17H25N3O/c1-14(15-6-3-2-4-7-15)12-20-11-5-8-16(13-20)17(21)19-10-9-18/h2-4,6-7,16H,1,5,8-13,18H2,(H,19,21). The van der Waals surface area contributed by atoms with Crippen LogP contribution in [0.2, 0.25) is 0 Å². The zero-order valence-electron chi connectivity index (χ0n) is 12.6. The van der Waals surface area contributed by atoms with Crippen molar-refractivity contribution in [2.75, 3.05) is 32.7 Å². The van der Waals surface area contributed by atoms with E-state index in [-0.39, 0.29) is 11.8 Å². The molecule has 1 atom stereocenters. The van der Waals surface area contributed by atoms with Gasteiger partial charge in [-0.25, -0.2) is 0 Å². The zero-order valence-corrected chi connectivity index (χ0v) is 12.6. The second-order valence-electron chi connectivity index (χ2n) is 5.62. The predicted octanol–water partition coefficient (Wildman–Crippen LogP) is 1.49. The topological polar surface area (TPSA) is 58.4 Å². The van der Waals surface area contributed by atoms with Crippen molar-refractivity contribution >= 4 is 11.5 Å². The summed E-state index contributed by atoms with van der Waals surface area (Å²) in [6, 6.07) is 10.2. The van der Waals surface area contributed by atoms with Gasteiger partial charge in [-0.05, 0) is 30.5 Å². The monoisotopic (exact) mass is 287 g/mol. The van der Waals surface area contributed by atoms with E-state index in [2.05, 4.69) is 28.9 Å². The second kappa shape index (κ2) is 7.96. The minimum atomic E-state index is 0.0777. The molecular formula is C17H25N3O. The Morgan fingerprint density at radius 3 is 2.86 bits per heavy atom. The maximum Gasteiger partial charge on any atom is 0.224 e. The van der Waals surface area contributed by atoms with Crippen LogP contribution in [0.1, 0.15) is 18.4 Å². The molecule has 0 aromatic heterocycles. The van der Waals surface area contributed by atoms with Gasteiger partial charge in [-0.3, -0.25) is 9.69 Å². The summed E-state index contributed by atoms with van der Waals surface area (Å²) in [5.41, 5.74) is 7.71. The van der Waals surface area contributed by atoms with Crippen LogP contribution in [-0.4, -0.2) is 43.5 Å². The number of amides is 1. The lowest BCUT2D eigenvalue weighted by Crippen LogP contribution is -2.44. The normalized spacial score (nSPS) is 19.2. The molecule has 1 aromatic rings. The van der Waals surface area contributed by atoms with Gasteiger partial charge in [0.15, 0.2) is 0 Å². The van der Waals surface area contributed by atoms with E-state index in [4.69, 9.17) is 5.73 Å². The molecular weight excluding hydrogens is 262 g/mol. The van der Waals surface area contributed by atoms with Crippen molar-refractivity contribution < 1.29 is 4.79 Å². The van der Waals surface area contributed by atoms with Crippen LogP contribution in [0.5, 0.6) is 0 Å². The van der Waals surface area contributed by atoms with E-state index in [1.165, 1.54) is 5.56 Å². The van der Waals surface area contributed by atoms with Crippen LogP contribution in [0.4, 0.5) is 0 Å². The van der Waals surface area contributed by atoms with E-state index in [0.29, 0.717) is 13.1 Å². The lowest BCUT2D eigenvalue weighted by molar-refractivity contribution is -0.126. The van der Waals surface area contributed by atoms with E-state index >= 15 is 0 Å². The van der Waals surface area contributed by atoms with Crippen molar-refractivity contribution in [3.63, 3.8) is 0 Å². The lowest BCUT2D eigenvalue weighted by atomic mass is 9.96. The first-order chi connectivity index (χ1) is 10.2. The molecule has 0 radical (unpaired) electrons. The van der Waals surface area contributed by atoms with Crippen molar-refractivity contribution in [1.29, 1.82) is 0 Å². The molecule has 4 heteroatoms. The van der Waals surface area contributed by atoms with E-state index in [1.54, 1.807) is 0 Å². The maximum atomic E-state index is 12.0. The highest BCUT2D eigenvalue weighted by Crippen LogP contribution is 2.20. The van der Waals surface area contributed by atoms with Gasteiger partial charge in [-0.15, -0.1) is 0 Å². The number of nitrogens with two attached hydrogens (primary N) is 1. The molecule has 1 fully saturated rings. The third-order valence-corrected chi connectivity index (χ3v) is 3.92. The van der Waals surface area contributed by atoms with Crippen LogP contribution in [-0.2, 0) is 4.79 Å². The minimum absolute atomic E-state index is 0.0777. The van der Waals surface area contributed by atoms with Crippen LogP contribution in [0, 0.1) is 5.92 Å². The molecule has 1 amide bonds. The zero-order chi connectivity index (χ0) is 15.1. The Balaban J connectivity index is 1.86. The number of likely N-dealkylation sites (tertiary alicyclic amines) is 1. The Labute approximate surface area is 127 Å². The van der Waals surface area contributed by atoms with Crippen LogP contribution in [0.25, 0.3) is 5.57 Å². The highest BCUT2D eigenvalue weighted by atomic mass is 16.1. The van der Waals surface area contributed by atoms with Gasteiger partial charge in [0.1, 0.15) is 0 Å². The number of piperidine rings is 1. The number of benzene rings is 1. The first kappa shape index (κ1) is 15.7. The summed E-state index contributed by atoms with van der Waals surface area (Å²) >= 11 is 0. The Kier molecular flexibility index (Phi) is 5.96. The molecule has 0 aliphatic carbocycles. The molecule has 2 rings (SSSR count). The number of rotatable bonds is 6. The molecule has 0 spiro atoms. The van der Waals surface area contributed by atoms with E-state index in [1.807, 2.05) is 18.2 Å². The van der Waals surface area contributed by atoms with Crippen molar-refractivity contribution in [2.24, 2.45) is 11.7 Å². The molecule has 0 saturated carbocycles. The van der Waals surface area contributed by atoms with Gasteiger partial charge in [0.25, 0.3) is 0 Å². The number of hydrogen-bond acceptors (Lipinski definition) is 3. The summed E-state index contributed by atoms with van der Waals surface area (Å²) in [5.74, 6) is 0.212. The average Bonchev–Trinajstić information content (AvgIpc) is 2.53. The molecule has 1 heterocycles. The highest BCUT2D eigenvalue weighted by molar-refractivity contribution is 5.79. The van der Waals surface area contributed by atoms with E-state index in [9.17, 15) is 4.79 Å². The lowest BCUT2D eigenvalue weighted by Gasteiger charge is -2.32. The van der Waals surface area contributed by atoms with E-state index in [0.717, 1.165) is 38.0 Å². The molecule has 4 nitrogen and oxygen atoms in total. The van der Waals surface area contributed by atoms with Crippen molar-refractivity contribution in [2.45, 2.75) is 12.8 Å². The molecule has 1 aliphatic heterocycles. The predicted molar refractivity (Wildman–Crippen MR) is 86.7 cm³/mol. The van der Waals surface area contributed by atoms with Gasteiger partial charge >= 0.3 is 0 Å². The fraction of sp³-hybridized carbons (Fsp3) is 0.471. The number of nitrogens with one attached hydrogen (secondary N) is 1. The second-order valence-corrected chi connectivity index (χ2v) is 5.62. The van der Waals surface area contributed by atoms with Crippen LogP contribution in [0.15, 0.2) is 36.9 Å². The van der Waals surface area contributed by atoms with Gasteiger partial charge < -0.3 is 11.1 Å². The van der Waals surface area contributed by atoms with E-state index < -0.39 is 0 Å². The van der Waals surface area contributed by atoms with Crippen molar-refractivity contribution in [3.8, 4) is 0 Å². The fourth-order valence-corrected chi connectivity index (χ4v) is 2.79. The largest absolute Gasteiger partial charge is 0.355 e. The molecule has 1 unspecified atom stereocenters. The van der Waals surface area contributed by atoms with Crippen molar-refractivity contribution in [3.05, 3.63) is 42.5 Å². The molecule has 1 saturated heterocycles. The summed E-state index contributed by atoms with van der Waals surface area (Å²) in [5, 5.41) is 2.89. The molecule has 3 N–H and O–H groups in total. The summed E-state index contributed by atoms with van der Waals surface area (Å²) in [6.45, 7) is 7.90. The first-order valence-corrected chi connectivity index (χ1v) is 7.64. The summed E-state index contributed by atoms with van der Waals surface area (Å²) in [7, 11) is 0. The van der Waals surface area contributed by atoms with Gasteiger partial charge in [0.2, 0.25) is 5.91 Å². The van der Waals surface area contributed by atoms with Gasteiger partial charge in [-0.1, -0.05) is 36.9 Å². The number of nitrogens with zero attached hydrogens (tertiary/aromatic N) is 1. The minimum Gasteiger partial charge on any atom is -0.355 e. The van der Waals surface area contributed by atoms with Gasteiger partial charge in [0, 0.05) is 26.2 Å². The Bertz CT molecular complexity index is 472.